The topological polar surface area (TPSA) is 113 Å². The Bertz CT molecular complexity index is 913. The zero-order valence-electron chi connectivity index (χ0n) is 15.7. The van der Waals surface area contributed by atoms with Crippen molar-refractivity contribution in [1.82, 2.24) is 21.2 Å². The van der Waals surface area contributed by atoms with Crippen LogP contribution in [0.15, 0.2) is 24.3 Å². The van der Waals surface area contributed by atoms with Crippen LogP contribution in [-0.4, -0.2) is 55.6 Å². The van der Waals surface area contributed by atoms with Crippen molar-refractivity contribution < 1.29 is 23.5 Å². The van der Waals surface area contributed by atoms with Crippen molar-refractivity contribution in [2.24, 2.45) is 0 Å². The fraction of sp³-hybridized carbons (Fsp3) is 0.333. The quantitative estimate of drug-likeness (QED) is 0.610. The summed E-state index contributed by atoms with van der Waals surface area (Å²) in [6, 6.07) is 5.10. The van der Waals surface area contributed by atoms with E-state index < -0.39 is 23.5 Å². The zero-order valence-corrected chi connectivity index (χ0v) is 16.5. The molecule has 0 saturated carbocycles. The number of carbonyl (C=O) groups is 3. The molecule has 0 radical (unpaired) electrons. The van der Waals surface area contributed by atoms with Gasteiger partial charge in [0.25, 0.3) is 17.7 Å². The van der Waals surface area contributed by atoms with Crippen molar-refractivity contribution in [1.29, 1.82) is 0 Å². The molecule has 0 bridgehead atoms. The third-order valence-electron chi connectivity index (χ3n) is 4.08. The molecule has 0 atom stereocenters. The predicted octanol–water partition coefficient (Wildman–Crippen LogP) is 0.618. The number of amides is 3. The van der Waals surface area contributed by atoms with Crippen LogP contribution >= 0.6 is 11.3 Å². The van der Waals surface area contributed by atoms with Crippen molar-refractivity contribution >= 4 is 34.2 Å². The zero-order chi connectivity index (χ0) is 20.8. The van der Waals surface area contributed by atoms with Crippen molar-refractivity contribution in [3.8, 4) is 0 Å². The van der Waals surface area contributed by atoms with Crippen LogP contribution in [0.5, 0.6) is 0 Å². The number of benzene rings is 1. The molecule has 3 amide bonds. The Morgan fingerprint density at radius 3 is 2.69 bits per heavy atom. The Morgan fingerprint density at radius 1 is 1.21 bits per heavy atom. The number of morpholine rings is 1. The molecule has 1 fully saturated rings. The van der Waals surface area contributed by atoms with E-state index in [1.165, 1.54) is 29.5 Å². The lowest BCUT2D eigenvalue weighted by molar-refractivity contribution is -0.120. The van der Waals surface area contributed by atoms with E-state index in [0.717, 1.165) is 11.2 Å². The molecule has 1 aliphatic rings. The van der Waals surface area contributed by atoms with Gasteiger partial charge in [-0.15, -0.1) is 0 Å². The largest absolute Gasteiger partial charge is 0.378 e. The highest BCUT2D eigenvalue weighted by atomic mass is 32.1. The maximum Gasteiger partial charge on any atom is 0.281 e. The first-order chi connectivity index (χ1) is 13.9. The molecule has 1 aromatic heterocycles. The highest BCUT2D eigenvalue weighted by Crippen LogP contribution is 2.26. The number of anilines is 1. The Balaban J connectivity index is 1.48. The molecule has 154 valence electrons. The fourth-order valence-corrected chi connectivity index (χ4v) is 3.62. The van der Waals surface area contributed by atoms with Crippen LogP contribution < -0.4 is 21.1 Å². The van der Waals surface area contributed by atoms with Gasteiger partial charge in [0.2, 0.25) is 0 Å². The van der Waals surface area contributed by atoms with Gasteiger partial charge in [-0.05, 0) is 25.1 Å². The minimum atomic E-state index is -0.626. The number of ether oxygens (including phenoxy) is 1. The molecule has 29 heavy (non-hydrogen) atoms. The summed E-state index contributed by atoms with van der Waals surface area (Å²) in [5, 5.41) is 3.08. The highest BCUT2D eigenvalue weighted by molar-refractivity contribution is 7.17. The lowest BCUT2D eigenvalue weighted by Gasteiger charge is -2.25. The normalized spacial score (nSPS) is 13.7. The van der Waals surface area contributed by atoms with Gasteiger partial charge in [0.15, 0.2) is 5.13 Å². The molecular weight excluding hydrogens is 401 g/mol. The van der Waals surface area contributed by atoms with Gasteiger partial charge in [-0.2, -0.15) is 0 Å². The van der Waals surface area contributed by atoms with E-state index in [1.54, 1.807) is 6.92 Å². The summed E-state index contributed by atoms with van der Waals surface area (Å²) in [6.07, 6.45) is 0. The predicted molar refractivity (Wildman–Crippen MR) is 104 cm³/mol. The minimum Gasteiger partial charge on any atom is -0.378 e. The third-order valence-corrected chi connectivity index (χ3v) is 5.30. The number of aryl methyl sites for hydroxylation is 1. The second-order valence-corrected chi connectivity index (χ2v) is 7.18. The molecule has 2 aromatic rings. The average Bonchev–Trinajstić information content (AvgIpc) is 3.12. The van der Waals surface area contributed by atoms with Crippen LogP contribution in [0.2, 0.25) is 0 Å². The van der Waals surface area contributed by atoms with E-state index in [-0.39, 0.29) is 12.1 Å². The minimum absolute atomic E-state index is 0.0952. The van der Waals surface area contributed by atoms with Crippen LogP contribution in [0, 0.1) is 12.7 Å². The molecule has 9 nitrogen and oxygen atoms in total. The SMILES string of the molecule is Cc1nc(N2CCOCC2)sc1C(=O)NNC(=O)CNC(=O)c1cccc(F)c1. The highest BCUT2D eigenvalue weighted by Gasteiger charge is 2.21. The van der Waals surface area contributed by atoms with Crippen molar-refractivity contribution in [2.75, 3.05) is 37.7 Å². The van der Waals surface area contributed by atoms with Crippen LogP contribution in [0.3, 0.4) is 0 Å². The van der Waals surface area contributed by atoms with Gasteiger partial charge >= 0.3 is 0 Å². The Hall–Kier alpha value is -3.05. The molecule has 11 heteroatoms. The number of hydrazine groups is 1. The van der Waals surface area contributed by atoms with Gasteiger partial charge in [0.05, 0.1) is 25.5 Å². The first-order valence-corrected chi connectivity index (χ1v) is 9.69. The molecule has 3 N–H and O–H groups in total. The number of carbonyl (C=O) groups excluding carboxylic acids is 3. The monoisotopic (exact) mass is 421 g/mol. The van der Waals surface area contributed by atoms with Crippen molar-refractivity contribution in [3.63, 3.8) is 0 Å². The Morgan fingerprint density at radius 2 is 1.97 bits per heavy atom. The van der Waals surface area contributed by atoms with Crippen LogP contribution in [0.25, 0.3) is 0 Å². The Labute approximate surface area is 170 Å². The molecule has 1 aliphatic heterocycles. The molecule has 0 unspecified atom stereocenters. The summed E-state index contributed by atoms with van der Waals surface area (Å²) in [5.41, 5.74) is 5.19. The van der Waals surface area contributed by atoms with Gasteiger partial charge in [0, 0.05) is 18.7 Å². The maximum atomic E-state index is 13.1. The summed E-state index contributed by atoms with van der Waals surface area (Å²) in [5.74, 6) is -2.27. The van der Waals surface area contributed by atoms with Crippen LogP contribution in [0.4, 0.5) is 9.52 Å². The van der Waals surface area contributed by atoms with E-state index in [9.17, 15) is 18.8 Å². The Kier molecular flexibility index (Phi) is 6.73. The average molecular weight is 421 g/mol. The molecule has 0 aliphatic carbocycles. The van der Waals surface area contributed by atoms with E-state index in [1.807, 2.05) is 4.90 Å². The molecule has 0 spiro atoms. The number of aromatic nitrogens is 1. The van der Waals surface area contributed by atoms with Gasteiger partial charge in [-0.25, -0.2) is 9.37 Å². The first kappa shape index (κ1) is 20.7. The lowest BCUT2D eigenvalue weighted by Crippen LogP contribution is -2.46. The molecule has 1 saturated heterocycles. The third kappa shape index (κ3) is 5.48. The number of halogens is 1. The van der Waals surface area contributed by atoms with Gasteiger partial charge in [0.1, 0.15) is 10.7 Å². The number of thiazole rings is 1. The van der Waals surface area contributed by atoms with Gasteiger partial charge in [-0.3, -0.25) is 25.2 Å². The number of hydrogen-bond donors (Lipinski definition) is 3. The summed E-state index contributed by atoms with van der Waals surface area (Å²) < 4.78 is 18.4. The standard InChI is InChI=1S/C18H20FN5O4S/c1-11-15(29-18(21-11)24-5-7-28-8-6-24)17(27)23-22-14(25)10-20-16(26)12-3-2-4-13(19)9-12/h2-4,9H,5-8,10H2,1H3,(H,20,26)(H,22,25)(H,23,27). The van der Waals surface area contributed by atoms with Crippen LogP contribution in [0.1, 0.15) is 25.7 Å². The number of rotatable bonds is 5. The summed E-state index contributed by atoms with van der Waals surface area (Å²) in [6.45, 7) is 3.97. The molecule has 2 heterocycles. The van der Waals surface area contributed by atoms with E-state index in [0.29, 0.717) is 36.9 Å². The van der Waals surface area contributed by atoms with Gasteiger partial charge < -0.3 is 15.0 Å². The van der Waals surface area contributed by atoms with Gasteiger partial charge in [-0.1, -0.05) is 17.4 Å². The van der Waals surface area contributed by atoms with E-state index >= 15 is 0 Å². The summed E-state index contributed by atoms with van der Waals surface area (Å²) in [7, 11) is 0. The van der Waals surface area contributed by atoms with E-state index in [2.05, 4.69) is 21.2 Å². The smallest absolute Gasteiger partial charge is 0.281 e. The molecule has 3 rings (SSSR count). The number of hydrogen-bond acceptors (Lipinski definition) is 7. The second-order valence-electron chi connectivity index (χ2n) is 6.21. The van der Waals surface area contributed by atoms with Crippen molar-refractivity contribution in [2.45, 2.75) is 6.92 Å². The number of nitrogens with zero attached hydrogens (tertiary/aromatic N) is 2. The maximum absolute atomic E-state index is 13.1. The number of nitrogens with one attached hydrogen (secondary N) is 3. The molecular formula is C18H20FN5O4S. The van der Waals surface area contributed by atoms with Crippen LogP contribution in [-0.2, 0) is 9.53 Å². The summed E-state index contributed by atoms with van der Waals surface area (Å²) >= 11 is 1.23. The fourth-order valence-electron chi connectivity index (χ4n) is 2.60. The molecule has 1 aromatic carbocycles. The lowest BCUT2D eigenvalue weighted by atomic mass is 10.2. The second kappa shape index (κ2) is 9.43. The first-order valence-electron chi connectivity index (χ1n) is 8.87. The van der Waals surface area contributed by atoms with Crippen molar-refractivity contribution in [3.05, 3.63) is 46.2 Å². The summed E-state index contributed by atoms with van der Waals surface area (Å²) in [4.78, 5) is 42.9. The van der Waals surface area contributed by atoms with E-state index in [4.69, 9.17) is 4.74 Å².